The van der Waals surface area contributed by atoms with Crippen molar-refractivity contribution in [2.45, 2.75) is 17.4 Å². The number of nitrogens with one attached hydrogen (secondary N) is 1. The molecule has 0 radical (unpaired) electrons. The molecular formula is C10H15BrN2O3S. The van der Waals surface area contributed by atoms with Crippen LogP contribution in [0.15, 0.2) is 29.4 Å². The molecule has 0 aromatic carbocycles. The van der Waals surface area contributed by atoms with E-state index in [1.165, 1.54) is 18.5 Å². The number of pyridine rings is 1. The molecule has 1 aromatic rings. The van der Waals surface area contributed by atoms with Crippen molar-refractivity contribution in [3.8, 4) is 0 Å². The lowest BCUT2D eigenvalue weighted by atomic mass is 10.3. The second-order valence-electron chi connectivity index (χ2n) is 3.44. The topological polar surface area (TPSA) is 68.3 Å². The molecule has 0 aliphatic heterocycles. The van der Waals surface area contributed by atoms with Crippen LogP contribution in [0.1, 0.15) is 6.42 Å². The van der Waals surface area contributed by atoms with Crippen molar-refractivity contribution in [3.63, 3.8) is 0 Å². The van der Waals surface area contributed by atoms with Gasteiger partial charge >= 0.3 is 0 Å². The van der Waals surface area contributed by atoms with Gasteiger partial charge in [0.05, 0.1) is 6.61 Å². The molecule has 1 rings (SSSR count). The number of ether oxygens (including phenoxy) is 1. The van der Waals surface area contributed by atoms with Gasteiger partial charge in [-0.2, -0.15) is 0 Å². The third kappa shape index (κ3) is 4.71. The van der Waals surface area contributed by atoms with E-state index in [2.05, 4.69) is 25.6 Å². The third-order valence-electron chi connectivity index (χ3n) is 2.09. The Morgan fingerprint density at radius 3 is 2.88 bits per heavy atom. The number of hydrogen-bond acceptors (Lipinski definition) is 4. The summed E-state index contributed by atoms with van der Waals surface area (Å²) >= 11 is 3.28. The van der Waals surface area contributed by atoms with E-state index in [9.17, 15) is 8.42 Å². The number of sulfonamides is 1. The van der Waals surface area contributed by atoms with E-state index < -0.39 is 10.0 Å². The average Bonchev–Trinajstić information content (AvgIpc) is 2.30. The molecule has 0 saturated carbocycles. The van der Waals surface area contributed by atoms with Crippen LogP contribution in [0.2, 0.25) is 0 Å². The van der Waals surface area contributed by atoms with Crippen molar-refractivity contribution in [3.05, 3.63) is 24.5 Å². The molecule has 1 N–H and O–H groups in total. The highest BCUT2D eigenvalue weighted by Crippen LogP contribution is 2.08. The van der Waals surface area contributed by atoms with Crippen LogP contribution in [0.4, 0.5) is 0 Å². The summed E-state index contributed by atoms with van der Waals surface area (Å²) in [5.41, 5.74) is 0. The molecule has 1 atom stereocenters. The van der Waals surface area contributed by atoms with Crippen LogP contribution >= 0.6 is 15.9 Å². The standard InChI is InChI=1S/C10H15BrN2O3S/c1-16-8-9(4-5-11)13-17(14,15)10-3-2-6-12-7-10/h2-3,6-7,9,13H,4-5,8H2,1H3. The highest BCUT2D eigenvalue weighted by atomic mass is 79.9. The summed E-state index contributed by atoms with van der Waals surface area (Å²) in [7, 11) is -1.98. The van der Waals surface area contributed by atoms with Gasteiger partial charge < -0.3 is 4.74 Å². The molecule has 1 aromatic heterocycles. The zero-order valence-corrected chi connectivity index (χ0v) is 11.9. The van der Waals surface area contributed by atoms with Crippen molar-refractivity contribution in [2.75, 3.05) is 19.0 Å². The Morgan fingerprint density at radius 2 is 2.35 bits per heavy atom. The van der Waals surface area contributed by atoms with Crippen molar-refractivity contribution < 1.29 is 13.2 Å². The third-order valence-corrected chi connectivity index (χ3v) is 4.06. The van der Waals surface area contributed by atoms with Crippen molar-refractivity contribution in [1.82, 2.24) is 9.71 Å². The number of hydrogen-bond donors (Lipinski definition) is 1. The quantitative estimate of drug-likeness (QED) is 0.765. The molecular weight excluding hydrogens is 308 g/mol. The first-order valence-corrected chi connectivity index (χ1v) is 7.68. The zero-order valence-electron chi connectivity index (χ0n) is 9.47. The molecule has 1 heterocycles. The van der Waals surface area contributed by atoms with E-state index in [0.717, 1.165) is 0 Å². The highest BCUT2D eigenvalue weighted by molar-refractivity contribution is 9.09. The van der Waals surface area contributed by atoms with E-state index in [4.69, 9.17) is 4.74 Å². The molecule has 0 aliphatic rings. The number of rotatable bonds is 7. The minimum Gasteiger partial charge on any atom is -0.383 e. The van der Waals surface area contributed by atoms with Crippen LogP contribution in [0, 0.1) is 0 Å². The Labute approximate surface area is 110 Å². The van der Waals surface area contributed by atoms with Crippen LogP contribution in [0.5, 0.6) is 0 Å². The van der Waals surface area contributed by atoms with Gasteiger partial charge in [0.1, 0.15) is 4.90 Å². The summed E-state index contributed by atoms with van der Waals surface area (Å²) in [5, 5.41) is 0.705. The number of alkyl halides is 1. The van der Waals surface area contributed by atoms with Crippen molar-refractivity contribution in [1.29, 1.82) is 0 Å². The summed E-state index contributed by atoms with van der Waals surface area (Å²) in [6.07, 6.45) is 3.51. The molecule has 0 aliphatic carbocycles. The van der Waals surface area contributed by atoms with Gasteiger partial charge in [0.25, 0.3) is 0 Å². The predicted octanol–water partition coefficient (Wildman–Crippen LogP) is 1.16. The number of nitrogens with zero attached hydrogens (tertiary/aromatic N) is 1. The Balaban J connectivity index is 2.77. The van der Waals surface area contributed by atoms with Crippen LogP contribution < -0.4 is 4.72 Å². The summed E-state index contributed by atoms with van der Waals surface area (Å²) < 4.78 is 31.5. The van der Waals surface area contributed by atoms with Crippen LogP contribution in [0.3, 0.4) is 0 Å². The van der Waals surface area contributed by atoms with E-state index in [1.54, 1.807) is 13.2 Å². The van der Waals surface area contributed by atoms with E-state index >= 15 is 0 Å². The van der Waals surface area contributed by atoms with Crippen LogP contribution in [0.25, 0.3) is 0 Å². The Kier molecular flexibility index (Phi) is 6.04. The van der Waals surface area contributed by atoms with Crippen LogP contribution in [-0.2, 0) is 14.8 Å². The number of methoxy groups -OCH3 is 1. The molecule has 5 nitrogen and oxygen atoms in total. The lowest BCUT2D eigenvalue weighted by Gasteiger charge is -2.16. The fourth-order valence-electron chi connectivity index (χ4n) is 1.30. The number of aromatic nitrogens is 1. The normalized spacial score (nSPS) is 13.5. The Morgan fingerprint density at radius 1 is 1.59 bits per heavy atom. The summed E-state index contributed by atoms with van der Waals surface area (Å²) in [4.78, 5) is 3.95. The number of halogens is 1. The first kappa shape index (κ1) is 14.6. The van der Waals surface area contributed by atoms with E-state index in [0.29, 0.717) is 18.4 Å². The summed E-state index contributed by atoms with van der Waals surface area (Å²) in [6, 6.07) is 2.85. The second kappa shape index (κ2) is 7.05. The van der Waals surface area contributed by atoms with Gasteiger partial charge in [-0.05, 0) is 18.6 Å². The fourth-order valence-corrected chi connectivity index (χ4v) is 3.07. The maximum Gasteiger partial charge on any atom is 0.242 e. The van der Waals surface area contributed by atoms with Gasteiger partial charge in [0, 0.05) is 30.9 Å². The first-order chi connectivity index (χ1) is 8.10. The highest BCUT2D eigenvalue weighted by Gasteiger charge is 2.19. The predicted molar refractivity (Wildman–Crippen MR) is 68.6 cm³/mol. The Bertz CT molecular complexity index is 418. The molecule has 0 amide bonds. The minimum absolute atomic E-state index is 0.163. The largest absolute Gasteiger partial charge is 0.383 e. The first-order valence-electron chi connectivity index (χ1n) is 5.07. The van der Waals surface area contributed by atoms with Crippen LogP contribution in [-0.4, -0.2) is 38.5 Å². The lowest BCUT2D eigenvalue weighted by molar-refractivity contribution is 0.173. The van der Waals surface area contributed by atoms with Gasteiger partial charge in [-0.25, -0.2) is 13.1 Å². The molecule has 0 bridgehead atoms. The van der Waals surface area contributed by atoms with Gasteiger partial charge in [-0.3, -0.25) is 4.98 Å². The summed E-state index contributed by atoms with van der Waals surface area (Å²) in [6.45, 7) is 0.338. The minimum atomic E-state index is -3.52. The molecule has 0 spiro atoms. The Hall–Kier alpha value is -0.500. The fraction of sp³-hybridized carbons (Fsp3) is 0.500. The van der Waals surface area contributed by atoms with E-state index in [1.807, 2.05) is 0 Å². The molecule has 1 unspecified atom stereocenters. The molecule has 17 heavy (non-hydrogen) atoms. The zero-order chi connectivity index (χ0) is 12.7. The smallest absolute Gasteiger partial charge is 0.242 e. The van der Waals surface area contributed by atoms with Gasteiger partial charge in [-0.1, -0.05) is 15.9 Å². The average molecular weight is 323 g/mol. The monoisotopic (exact) mass is 322 g/mol. The summed E-state index contributed by atoms with van der Waals surface area (Å²) in [5.74, 6) is 0. The molecule has 0 fully saturated rings. The molecule has 7 heteroatoms. The van der Waals surface area contributed by atoms with Crippen molar-refractivity contribution >= 4 is 26.0 Å². The SMILES string of the molecule is COCC(CCBr)NS(=O)(=O)c1cccnc1. The molecule has 96 valence electrons. The maximum absolute atomic E-state index is 12.0. The molecule has 0 saturated heterocycles. The maximum atomic E-state index is 12.0. The van der Waals surface area contributed by atoms with Gasteiger partial charge in [0.2, 0.25) is 10.0 Å². The lowest BCUT2D eigenvalue weighted by Crippen LogP contribution is -2.38. The van der Waals surface area contributed by atoms with Gasteiger partial charge in [0.15, 0.2) is 0 Å². The van der Waals surface area contributed by atoms with Gasteiger partial charge in [-0.15, -0.1) is 0 Å². The van der Waals surface area contributed by atoms with Crippen molar-refractivity contribution in [2.24, 2.45) is 0 Å². The van der Waals surface area contributed by atoms with E-state index in [-0.39, 0.29) is 10.9 Å². The second-order valence-corrected chi connectivity index (χ2v) is 5.95.